The van der Waals surface area contributed by atoms with Crippen molar-refractivity contribution in [2.45, 2.75) is 45.3 Å². The van der Waals surface area contributed by atoms with E-state index in [1.165, 1.54) is 7.11 Å². The van der Waals surface area contributed by atoms with Crippen LogP contribution >= 0.6 is 11.6 Å². The summed E-state index contributed by atoms with van der Waals surface area (Å²) in [5, 5.41) is 0.668. The Morgan fingerprint density at radius 3 is 2.43 bits per heavy atom. The molecule has 0 aliphatic heterocycles. The molecule has 0 bridgehead atoms. The third-order valence-electron chi connectivity index (χ3n) is 4.16. The van der Waals surface area contributed by atoms with E-state index < -0.39 is 14.3 Å². The van der Waals surface area contributed by atoms with E-state index in [0.717, 1.165) is 6.42 Å². The predicted octanol–water partition coefficient (Wildman–Crippen LogP) is 4.92. The topological polar surface area (TPSA) is 44.8 Å². The fraction of sp³-hybridized carbons (Fsp3) is 0.588. The van der Waals surface area contributed by atoms with Gasteiger partial charge in [0.1, 0.15) is 11.3 Å². The SMILES string of the molecule is COC(=O)c1cc(Cl)ccc1OCCCO[Si](C)(C)C(C)(C)C. The maximum absolute atomic E-state index is 11.7. The van der Waals surface area contributed by atoms with Crippen LogP contribution in [0.15, 0.2) is 18.2 Å². The van der Waals surface area contributed by atoms with Gasteiger partial charge in [-0.1, -0.05) is 32.4 Å². The van der Waals surface area contributed by atoms with Crippen molar-refractivity contribution in [3.05, 3.63) is 28.8 Å². The molecule has 0 radical (unpaired) electrons. The molecule has 0 aliphatic rings. The van der Waals surface area contributed by atoms with E-state index in [9.17, 15) is 4.79 Å². The highest BCUT2D eigenvalue weighted by molar-refractivity contribution is 6.74. The number of carbonyl (C=O) groups is 1. The zero-order chi connectivity index (χ0) is 17.7. The van der Waals surface area contributed by atoms with Crippen molar-refractivity contribution < 1.29 is 18.7 Å². The molecule has 0 saturated carbocycles. The third-order valence-corrected chi connectivity index (χ3v) is 8.94. The zero-order valence-corrected chi connectivity index (χ0v) is 16.6. The molecule has 0 heterocycles. The Kier molecular flexibility index (Phi) is 7.11. The van der Waals surface area contributed by atoms with Gasteiger partial charge in [0.2, 0.25) is 0 Å². The number of ether oxygens (including phenoxy) is 2. The van der Waals surface area contributed by atoms with Gasteiger partial charge in [-0.25, -0.2) is 4.79 Å². The largest absolute Gasteiger partial charge is 0.493 e. The van der Waals surface area contributed by atoms with Crippen molar-refractivity contribution in [1.29, 1.82) is 0 Å². The first-order valence-electron chi connectivity index (χ1n) is 7.73. The molecule has 0 atom stereocenters. The van der Waals surface area contributed by atoms with Crippen LogP contribution in [0.25, 0.3) is 0 Å². The van der Waals surface area contributed by atoms with Crippen LogP contribution in [-0.4, -0.2) is 34.6 Å². The summed E-state index contributed by atoms with van der Waals surface area (Å²) in [4.78, 5) is 11.7. The van der Waals surface area contributed by atoms with Gasteiger partial charge in [-0.3, -0.25) is 0 Å². The summed E-state index contributed by atoms with van der Waals surface area (Å²) >= 11 is 5.92. The van der Waals surface area contributed by atoms with Gasteiger partial charge in [0.25, 0.3) is 0 Å². The minimum Gasteiger partial charge on any atom is -0.493 e. The van der Waals surface area contributed by atoms with E-state index in [1.54, 1.807) is 18.2 Å². The Morgan fingerprint density at radius 1 is 1.22 bits per heavy atom. The van der Waals surface area contributed by atoms with Crippen molar-refractivity contribution in [3.8, 4) is 5.75 Å². The van der Waals surface area contributed by atoms with Crippen LogP contribution in [0.3, 0.4) is 0 Å². The first-order chi connectivity index (χ1) is 10.6. The molecule has 130 valence electrons. The number of hydrogen-bond acceptors (Lipinski definition) is 4. The molecule has 0 spiro atoms. The lowest BCUT2D eigenvalue weighted by Crippen LogP contribution is -2.41. The van der Waals surface area contributed by atoms with Crippen LogP contribution in [-0.2, 0) is 9.16 Å². The first-order valence-corrected chi connectivity index (χ1v) is 11.0. The van der Waals surface area contributed by atoms with Gasteiger partial charge >= 0.3 is 5.97 Å². The van der Waals surface area contributed by atoms with Gasteiger partial charge in [-0.2, -0.15) is 0 Å². The van der Waals surface area contributed by atoms with Gasteiger partial charge in [-0.05, 0) is 36.3 Å². The molecule has 6 heteroatoms. The summed E-state index contributed by atoms with van der Waals surface area (Å²) in [7, 11) is -0.390. The molecular formula is C17H27ClO4Si. The number of carbonyl (C=O) groups excluding carboxylic acids is 1. The lowest BCUT2D eigenvalue weighted by molar-refractivity contribution is 0.0596. The highest BCUT2D eigenvalue weighted by Crippen LogP contribution is 2.36. The molecule has 1 aromatic carbocycles. The molecular weight excluding hydrogens is 332 g/mol. The van der Waals surface area contributed by atoms with Gasteiger partial charge in [0.15, 0.2) is 8.32 Å². The van der Waals surface area contributed by atoms with Crippen LogP contribution in [0, 0.1) is 0 Å². The Hall–Kier alpha value is -1.04. The zero-order valence-electron chi connectivity index (χ0n) is 14.9. The van der Waals surface area contributed by atoms with Crippen molar-refractivity contribution in [2.75, 3.05) is 20.3 Å². The van der Waals surface area contributed by atoms with Crippen LogP contribution in [0.5, 0.6) is 5.75 Å². The summed E-state index contributed by atoms with van der Waals surface area (Å²) < 4.78 is 16.5. The second-order valence-electron chi connectivity index (χ2n) is 6.94. The number of methoxy groups -OCH3 is 1. The quantitative estimate of drug-likeness (QED) is 0.394. The average molecular weight is 359 g/mol. The van der Waals surface area contributed by atoms with Gasteiger partial charge in [0.05, 0.1) is 13.7 Å². The van der Waals surface area contributed by atoms with Crippen molar-refractivity contribution in [2.24, 2.45) is 0 Å². The molecule has 1 aromatic rings. The molecule has 23 heavy (non-hydrogen) atoms. The highest BCUT2D eigenvalue weighted by Gasteiger charge is 2.36. The molecule has 4 nitrogen and oxygen atoms in total. The van der Waals surface area contributed by atoms with E-state index in [4.69, 9.17) is 25.5 Å². The van der Waals surface area contributed by atoms with Crippen molar-refractivity contribution in [3.63, 3.8) is 0 Å². The number of hydrogen-bond donors (Lipinski definition) is 0. The molecule has 0 saturated heterocycles. The summed E-state index contributed by atoms with van der Waals surface area (Å²) in [5.74, 6) is 0.0219. The summed E-state index contributed by atoms with van der Waals surface area (Å²) in [6.45, 7) is 12.2. The fourth-order valence-corrected chi connectivity index (χ4v) is 2.94. The number of benzene rings is 1. The molecule has 0 aliphatic carbocycles. The summed E-state index contributed by atoms with van der Waals surface area (Å²) in [6.07, 6.45) is 0.760. The van der Waals surface area contributed by atoms with E-state index >= 15 is 0 Å². The standard InChI is InChI=1S/C17H27ClO4Si/c1-17(2,3)23(5,6)22-11-7-10-21-15-9-8-13(18)12-14(15)16(19)20-4/h8-9,12H,7,10-11H2,1-6H3. The molecule has 0 amide bonds. The van der Waals surface area contributed by atoms with Crippen molar-refractivity contribution >= 4 is 25.9 Å². The summed E-state index contributed by atoms with van der Waals surface area (Å²) in [6, 6.07) is 4.92. The van der Waals surface area contributed by atoms with E-state index in [1.807, 2.05) is 0 Å². The third kappa shape index (κ3) is 5.83. The number of halogens is 1. The Balaban J connectivity index is 2.53. The first kappa shape index (κ1) is 20.0. The lowest BCUT2D eigenvalue weighted by Gasteiger charge is -2.36. The Morgan fingerprint density at radius 2 is 1.87 bits per heavy atom. The molecule has 0 unspecified atom stereocenters. The molecule has 0 aromatic heterocycles. The Bertz CT molecular complexity index is 538. The molecule has 1 rings (SSSR count). The van der Waals surface area contributed by atoms with E-state index in [2.05, 4.69) is 33.9 Å². The average Bonchev–Trinajstić information content (AvgIpc) is 2.46. The second-order valence-corrected chi connectivity index (χ2v) is 12.2. The predicted molar refractivity (Wildman–Crippen MR) is 96.1 cm³/mol. The van der Waals surface area contributed by atoms with Gasteiger partial charge in [-0.15, -0.1) is 0 Å². The molecule has 0 fully saturated rings. The Labute approximate surface area is 145 Å². The van der Waals surface area contributed by atoms with Crippen LogP contribution in [0.2, 0.25) is 23.2 Å². The minimum absolute atomic E-state index is 0.197. The van der Waals surface area contributed by atoms with Gasteiger partial charge < -0.3 is 13.9 Å². The number of rotatable bonds is 7. The maximum Gasteiger partial charge on any atom is 0.341 e. The molecule has 0 N–H and O–H groups in total. The maximum atomic E-state index is 11.7. The summed E-state index contributed by atoms with van der Waals surface area (Å²) in [5.41, 5.74) is 0.338. The smallest absolute Gasteiger partial charge is 0.341 e. The van der Waals surface area contributed by atoms with Crippen molar-refractivity contribution in [1.82, 2.24) is 0 Å². The van der Waals surface area contributed by atoms with E-state index in [-0.39, 0.29) is 5.04 Å². The van der Waals surface area contributed by atoms with Crippen LogP contribution in [0.1, 0.15) is 37.6 Å². The number of esters is 1. The highest BCUT2D eigenvalue weighted by atomic mass is 35.5. The monoisotopic (exact) mass is 358 g/mol. The fourth-order valence-electron chi connectivity index (χ4n) is 1.68. The van der Waals surface area contributed by atoms with Crippen LogP contribution < -0.4 is 4.74 Å². The lowest BCUT2D eigenvalue weighted by atomic mass is 10.2. The minimum atomic E-state index is -1.72. The normalized spacial score (nSPS) is 12.1. The second kappa shape index (κ2) is 8.17. The van der Waals surface area contributed by atoms with Gasteiger partial charge in [0, 0.05) is 18.1 Å². The van der Waals surface area contributed by atoms with Crippen LogP contribution in [0.4, 0.5) is 0 Å². The van der Waals surface area contributed by atoms with E-state index in [0.29, 0.717) is 29.5 Å².